The molecule has 1 N–H and O–H groups in total. The van der Waals surface area contributed by atoms with Gasteiger partial charge in [0.15, 0.2) is 5.16 Å². The molecule has 1 fully saturated rings. The first-order chi connectivity index (χ1) is 10.0. The highest BCUT2D eigenvalue weighted by Gasteiger charge is 2.28. The number of aliphatic carboxylic acids is 1. The van der Waals surface area contributed by atoms with E-state index >= 15 is 0 Å². The molecule has 1 aliphatic rings. The Bertz CT molecular complexity index is 485. The van der Waals surface area contributed by atoms with E-state index < -0.39 is 5.97 Å². The van der Waals surface area contributed by atoms with Gasteiger partial charge in [-0.05, 0) is 19.4 Å². The van der Waals surface area contributed by atoms with Crippen LogP contribution in [0.3, 0.4) is 0 Å². The van der Waals surface area contributed by atoms with Crippen LogP contribution in [0.2, 0.25) is 0 Å². The normalized spacial score (nSPS) is 15.1. The van der Waals surface area contributed by atoms with Gasteiger partial charge in [0, 0.05) is 25.0 Å². The van der Waals surface area contributed by atoms with Crippen molar-refractivity contribution in [1.82, 2.24) is 19.7 Å². The molecule has 0 saturated heterocycles. The fourth-order valence-electron chi connectivity index (χ4n) is 2.44. The molecule has 21 heavy (non-hydrogen) atoms. The van der Waals surface area contributed by atoms with Gasteiger partial charge < -0.3 is 9.67 Å². The van der Waals surface area contributed by atoms with Gasteiger partial charge in [-0.25, -0.2) is 0 Å². The van der Waals surface area contributed by atoms with Crippen molar-refractivity contribution in [2.24, 2.45) is 0 Å². The zero-order valence-corrected chi connectivity index (χ0v) is 13.8. The molecule has 1 aliphatic carbocycles. The largest absolute Gasteiger partial charge is 0.481 e. The van der Waals surface area contributed by atoms with E-state index in [-0.39, 0.29) is 11.7 Å². The Kier molecular flexibility index (Phi) is 5.64. The average molecular weight is 312 g/mol. The van der Waals surface area contributed by atoms with E-state index in [9.17, 15) is 4.79 Å². The van der Waals surface area contributed by atoms with Crippen molar-refractivity contribution in [3.05, 3.63) is 5.82 Å². The first kappa shape index (κ1) is 16.3. The smallest absolute Gasteiger partial charge is 0.313 e. The predicted octanol–water partition coefficient (Wildman–Crippen LogP) is 2.06. The van der Waals surface area contributed by atoms with Crippen molar-refractivity contribution >= 4 is 17.7 Å². The SMILES string of the molecule is CCN(CCn1c(SCC(=O)O)nnc1C(C)C)C1CC1. The van der Waals surface area contributed by atoms with E-state index in [0.717, 1.165) is 31.5 Å². The fraction of sp³-hybridized carbons (Fsp3) is 0.786. The van der Waals surface area contributed by atoms with Crippen LogP contribution in [0.15, 0.2) is 5.16 Å². The van der Waals surface area contributed by atoms with Crippen LogP contribution in [0, 0.1) is 0 Å². The predicted molar refractivity (Wildman–Crippen MR) is 82.7 cm³/mol. The maximum Gasteiger partial charge on any atom is 0.313 e. The molecule has 1 aromatic rings. The number of thioether (sulfide) groups is 1. The first-order valence-corrected chi connectivity index (χ1v) is 8.53. The van der Waals surface area contributed by atoms with E-state index in [0.29, 0.717) is 5.16 Å². The van der Waals surface area contributed by atoms with E-state index in [4.69, 9.17) is 5.11 Å². The van der Waals surface area contributed by atoms with E-state index in [2.05, 4.69) is 40.4 Å². The van der Waals surface area contributed by atoms with Crippen LogP contribution in [0.1, 0.15) is 45.4 Å². The summed E-state index contributed by atoms with van der Waals surface area (Å²) in [7, 11) is 0. The molecule has 2 rings (SSSR count). The summed E-state index contributed by atoms with van der Waals surface area (Å²) >= 11 is 1.25. The number of carboxylic acid groups (broad SMARTS) is 1. The molecule has 0 radical (unpaired) electrons. The van der Waals surface area contributed by atoms with Crippen molar-refractivity contribution in [2.45, 2.75) is 57.3 Å². The summed E-state index contributed by atoms with van der Waals surface area (Å²) < 4.78 is 2.09. The van der Waals surface area contributed by atoms with Gasteiger partial charge in [-0.3, -0.25) is 9.69 Å². The third kappa shape index (κ3) is 4.44. The van der Waals surface area contributed by atoms with Crippen LogP contribution in [0.5, 0.6) is 0 Å². The van der Waals surface area contributed by atoms with Gasteiger partial charge in [-0.2, -0.15) is 0 Å². The van der Waals surface area contributed by atoms with Gasteiger partial charge in [0.1, 0.15) is 5.82 Å². The van der Waals surface area contributed by atoms with Crippen molar-refractivity contribution in [1.29, 1.82) is 0 Å². The van der Waals surface area contributed by atoms with Crippen molar-refractivity contribution in [3.63, 3.8) is 0 Å². The van der Waals surface area contributed by atoms with Crippen LogP contribution in [0.4, 0.5) is 0 Å². The minimum absolute atomic E-state index is 0.0242. The third-order valence-electron chi connectivity index (χ3n) is 3.67. The zero-order chi connectivity index (χ0) is 15.4. The Morgan fingerprint density at radius 2 is 2.19 bits per heavy atom. The van der Waals surface area contributed by atoms with Gasteiger partial charge in [0.2, 0.25) is 0 Å². The highest BCUT2D eigenvalue weighted by molar-refractivity contribution is 7.99. The Balaban J connectivity index is 2.06. The summed E-state index contributed by atoms with van der Waals surface area (Å²) in [5, 5.41) is 18.0. The zero-order valence-electron chi connectivity index (χ0n) is 12.9. The van der Waals surface area contributed by atoms with Crippen molar-refractivity contribution in [3.8, 4) is 0 Å². The number of nitrogens with zero attached hydrogens (tertiary/aromatic N) is 4. The molecule has 0 spiro atoms. The lowest BCUT2D eigenvalue weighted by molar-refractivity contribution is -0.133. The Morgan fingerprint density at radius 3 is 2.71 bits per heavy atom. The molecule has 7 heteroatoms. The summed E-state index contributed by atoms with van der Waals surface area (Å²) in [5.74, 6) is 0.423. The first-order valence-electron chi connectivity index (χ1n) is 7.54. The topological polar surface area (TPSA) is 71.2 Å². The lowest BCUT2D eigenvalue weighted by Crippen LogP contribution is -2.30. The third-order valence-corrected chi connectivity index (χ3v) is 4.62. The minimum atomic E-state index is -0.825. The highest BCUT2D eigenvalue weighted by Crippen LogP contribution is 2.27. The lowest BCUT2D eigenvalue weighted by Gasteiger charge is -2.21. The monoisotopic (exact) mass is 312 g/mol. The molecular formula is C14H24N4O2S. The van der Waals surface area contributed by atoms with Crippen molar-refractivity contribution < 1.29 is 9.90 Å². The summed E-state index contributed by atoms with van der Waals surface area (Å²) in [5.41, 5.74) is 0. The summed E-state index contributed by atoms with van der Waals surface area (Å²) in [4.78, 5) is 13.2. The van der Waals surface area contributed by atoms with E-state index in [1.165, 1.54) is 24.6 Å². The Labute approximate surface area is 129 Å². The van der Waals surface area contributed by atoms with E-state index in [1.807, 2.05) is 0 Å². The van der Waals surface area contributed by atoms with Crippen LogP contribution in [-0.2, 0) is 11.3 Å². The van der Waals surface area contributed by atoms with Crippen LogP contribution in [-0.4, -0.2) is 55.6 Å². The van der Waals surface area contributed by atoms with Crippen LogP contribution >= 0.6 is 11.8 Å². The molecular weight excluding hydrogens is 288 g/mol. The van der Waals surface area contributed by atoms with Gasteiger partial charge in [-0.1, -0.05) is 32.5 Å². The second-order valence-corrected chi connectivity index (χ2v) is 6.63. The number of carboxylic acids is 1. The number of rotatable bonds is 9. The highest BCUT2D eigenvalue weighted by atomic mass is 32.2. The average Bonchev–Trinajstić information content (AvgIpc) is 3.17. The van der Waals surface area contributed by atoms with Gasteiger partial charge >= 0.3 is 5.97 Å². The molecule has 0 atom stereocenters. The molecule has 0 aromatic carbocycles. The number of hydrogen-bond donors (Lipinski definition) is 1. The standard InChI is InChI=1S/C14H24N4O2S/c1-4-17(11-5-6-11)7-8-18-13(10(2)3)15-16-14(18)21-9-12(19)20/h10-11H,4-9H2,1-3H3,(H,19,20). The number of aromatic nitrogens is 3. The molecule has 1 saturated carbocycles. The summed E-state index contributed by atoms with van der Waals surface area (Å²) in [6.45, 7) is 9.22. The quantitative estimate of drug-likeness (QED) is 0.704. The number of likely N-dealkylation sites (N-methyl/N-ethyl adjacent to an activating group) is 1. The molecule has 1 heterocycles. The summed E-state index contributed by atoms with van der Waals surface area (Å²) in [6.07, 6.45) is 2.60. The molecule has 118 valence electrons. The minimum Gasteiger partial charge on any atom is -0.481 e. The Hall–Kier alpha value is -1.08. The van der Waals surface area contributed by atoms with Crippen LogP contribution in [0.25, 0.3) is 0 Å². The molecule has 0 bridgehead atoms. The van der Waals surface area contributed by atoms with Gasteiger partial charge in [0.05, 0.1) is 5.75 Å². The van der Waals surface area contributed by atoms with Crippen LogP contribution < -0.4 is 0 Å². The van der Waals surface area contributed by atoms with E-state index in [1.54, 1.807) is 0 Å². The van der Waals surface area contributed by atoms with Gasteiger partial charge in [-0.15, -0.1) is 10.2 Å². The molecule has 0 unspecified atom stereocenters. The maximum atomic E-state index is 10.7. The maximum absolute atomic E-state index is 10.7. The Morgan fingerprint density at radius 1 is 1.48 bits per heavy atom. The molecule has 1 aromatic heterocycles. The number of carbonyl (C=O) groups is 1. The fourth-order valence-corrected chi connectivity index (χ4v) is 3.13. The number of hydrogen-bond acceptors (Lipinski definition) is 5. The van der Waals surface area contributed by atoms with Crippen molar-refractivity contribution in [2.75, 3.05) is 18.8 Å². The molecule has 0 amide bonds. The summed E-state index contributed by atoms with van der Waals surface area (Å²) in [6, 6.07) is 0.740. The second-order valence-electron chi connectivity index (χ2n) is 5.69. The second kappa shape index (κ2) is 7.26. The lowest BCUT2D eigenvalue weighted by atomic mass is 10.2. The molecule has 0 aliphatic heterocycles. The molecule has 6 nitrogen and oxygen atoms in total. The van der Waals surface area contributed by atoms with Gasteiger partial charge in [0.25, 0.3) is 0 Å².